The van der Waals surface area contributed by atoms with Crippen LogP contribution in [0.15, 0.2) is 6.07 Å². The zero-order valence-corrected chi connectivity index (χ0v) is 11.8. The molecule has 2 heterocycles. The molecule has 6 nitrogen and oxygen atoms in total. The summed E-state index contributed by atoms with van der Waals surface area (Å²) in [5.41, 5.74) is 1.39. The van der Waals surface area contributed by atoms with E-state index in [1.165, 1.54) is 0 Å². The van der Waals surface area contributed by atoms with Gasteiger partial charge in [0, 0.05) is 25.3 Å². The molecular formula is C13H22N4O2. The lowest BCUT2D eigenvalue weighted by Gasteiger charge is -2.33. The zero-order valence-electron chi connectivity index (χ0n) is 11.8. The molecule has 1 aliphatic heterocycles. The number of nitrogens with zero attached hydrogens (tertiary/aromatic N) is 3. The Morgan fingerprint density at radius 2 is 2.42 bits per heavy atom. The largest absolute Gasteiger partial charge is 0.374 e. The van der Waals surface area contributed by atoms with Crippen molar-refractivity contribution in [3.8, 4) is 0 Å². The molecule has 1 unspecified atom stereocenters. The van der Waals surface area contributed by atoms with E-state index in [4.69, 9.17) is 4.74 Å². The van der Waals surface area contributed by atoms with Crippen molar-refractivity contribution in [1.82, 2.24) is 20.0 Å². The van der Waals surface area contributed by atoms with Crippen molar-refractivity contribution < 1.29 is 9.53 Å². The first-order valence-electron chi connectivity index (χ1n) is 6.64. The molecule has 0 radical (unpaired) electrons. The van der Waals surface area contributed by atoms with Crippen LogP contribution < -0.4 is 0 Å². The molecule has 0 spiro atoms. The highest BCUT2D eigenvalue weighted by Gasteiger charge is 2.26. The summed E-state index contributed by atoms with van der Waals surface area (Å²) >= 11 is 0. The van der Waals surface area contributed by atoms with Crippen molar-refractivity contribution in [2.24, 2.45) is 0 Å². The average Bonchev–Trinajstić information content (AvgIpc) is 2.82. The summed E-state index contributed by atoms with van der Waals surface area (Å²) in [5, 5.41) is 6.83. The summed E-state index contributed by atoms with van der Waals surface area (Å²) in [7, 11) is 4.08. The quantitative estimate of drug-likeness (QED) is 0.862. The number of H-pyrrole nitrogens is 1. The lowest BCUT2D eigenvalue weighted by Crippen LogP contribution is -2.46. The lowest BCUT2D eigenvalue weighted by atomic mass is 10.2. The highest BCUT2D eigenvalue weighted by molar-refractivity contribution is 5.92. The molecule has 1 N–H and O–H groups in total. The number of nitrogens with one attached hydrogen (secondary N) is 1. The van der Waals surface area contributed by atoms with Crippen molar-refractivity contribution in [3.05, 3.63) is 17.5 Å². The minimum absolute atomic E-state index is 0.0116. The number of ether oxygens (including phenoxy) is 1. The lowest BCUT2D eigenvalue weighted by molar-refractivity contribution is -0.0271. The maximum absolute atomic E-state index is 12.3. The van der Waals surface area contributed by atoms with E-state index in [0.29, 0.717) is 25.4 Å². The molecule has 0 saturated carbocycles. The third kappa shape index (κ3) is 3.78. The van der Waals surface area contributed by atoms with Crippen LogP contribution >= 0.6 is 0 Å². The van der Waals surface area contributed by atoms with Gasteiger partial charge in [-0.15, -0.1) is 0 Å². The van der Waals surface area contributed by atoms with Gasteiger partial charge in [0.1, 0.15) is 5.69 Å². The predicted octanol–water partition coefficient (Wildman–Crippen LogP) is 0.511. The number of morpholine rings is 1. The number of aromatic nitrogens is 2. The van der Waals surface area contributed by atoms with Gasteiger partial charge in [0.25, 0.3) is 5.91 Å². The predicted molar refractivity (Wildman–Crippen MR) is 72.1 cm³/mol. The number of carbonyl (C=O) groups excluding carboxylic acids is 1. The molecule has 19 heavy (non-hydrogen) atoms. The van der Waals surface area contributed by atoms with Crippen LogP contribution in [0, 0.1) is 6.92 Å². The van der Waals surface area contributed by atoms with Gasteiger partial charge in [-0.05, 0) is 33.5 Å². The minimum atomic E-state index is -0.0116. The number of aromatic amines is 1. The standard InChI is InChI=1S/C13H22N4O2/c1-10-8-12(15-14-10)13(18)17-6-7-19-11(9-17)4-5-16(2)3/h8,11H,4-7,9H2,1-3H3,(H,14,15). The van der Waals surface area contributed by atoms with Gasteiger partial charge in [0.15, 0.2) is 0 Å². The molecule has 2 rings (SSSR count). The molecule has 1 aliphatic rings. The van der Waals surface area contributed by atoms with Crippen molar-refractivity contribution in [3.63, 3.8) is 0 Å². The molecule has 1 saturated heterocycles. The second kappa shape index (κ2) is 6.16. The third-order valence-electron chi connectivity index (χ3n) is 3.25. The van der Waals surface area contributed by atoms with Gasteiger partial charge in [0.05, 0.1) is 12.7 Å². The number of carbonyl (C=O) groups is 1. The SMILES string of the molecule is Cc1cc(C(=O)N2CCOC(CCN(C)C)C2)n[nH]1. The van der Waals surface area contributed by atoms with E-state index in [9.17, 15) is 4.79 Å². The van der Waals surface area contributed by atoms with Gasteiger partial charge in [0.2, 0.25) is 0 Å². The minimum Gasteiger partial charge on any atom is -0.374 e. The van der Waals surface area contributed by atoms with E-state index >= 15 is 0 Å². The van der Waals surface area contributed by atoms with Crippen molar-refractivity contribution in [2.45, 2.75) is 19.4 Å². The molecule has 1 fully saturated rings. The fraction of sp³-hybridized carbons (Fsp3) is 0.692. The Balaban J connectivity index is 1.91. The maximum Gasteiger partial charge on any atom is 0.274 e. The van der Waals surface area contributed by atoms with Gasteiger partial charge >= 0.3 is 0 Å². The van der Waals surface area contributed by atoms with E-state index < -0.39 is 0 Å². The van der Waals surface area contributed by atoms with E-state index in [0.717, 1.165) is 18.7 Å². The van der Waals surface area contributed by atoms with E-state index in [1.54, 1.807) is 6.07 Å². The van der Waals surface area contributed by atoms with Crippen molar-refractivity contribution >= 4 is 5.91 Å². The Kier molecular flexibility index (Phi) is 4.55. The summed E-state index contributed by atoms with van der Waals surface area (Å²) in [6, 6.07) is 1.78. The normalized spacial score (nSPS) is 20.0. The summed E-state index contributed by atoms with van der Waals surface area (Å²) in [4.78, 5) is 16.2. The zero-order chi connectivity index (χ0) is 13.8. The van der Waals surface area contributed by atoms with Crippen LogP contribution in [0.3, 0.4) is 0 Å². The maximum atomic E-state index is 12.3. The molecule has 1 amide bonds. The third-order valence-corrected chi connectivity index (χ3v) is 3.25. The van der Waals surface area contributed by atoms with E-state index in [2.05, 4.69) is 15.1 Å². The Morgan fingerprint density at radius 1 is 1.63 bits per heavy atom. The summed E-state index contributed by atoms with van der Waals surface area (Å²) in [5.74, 6) is -0.0116. The molecule has 106 valence electrons. The van der Waals surface area contributed by atoms with Gasteiger partial charge in [-0.3, -0.25) is 9.89 Å². The second-order valence-corrected chi connectivity index (χ2v) is 5.27. The molecule has 1 atom stereocenters. The van der Waals surface area contributed by atoms with Crippen LogP contribution in [0.2, 0.25) is 0 Å². The Morgan fingerprint density at radius 3 is 3.05 bits per heavy atom. The van der Waals surface area contributed by atoms with Crippen LogP contribution in [-0.2, 0) is 4.74 Å². The van der Waals surface area contributed by atoms with Gasteiger partial charge in [-0.1, -0.05) is 0 Å². The Hall–Kier alpha value is -1.40. The fourth-order valence-corrected chi connectivity index (χ4v) is 2.17. The van der Waals surface area contributed by atoms with Crippen LogP contribution in [0.4, 0.5) is 0 Å². The fourth-order valence-electron chi connectivity index (χ4n) is 2.17. The number of rotatable bonds is 4. The first kappa shape index (κ1) is 14.0. The Labute approximate surface area is 113 Å². The number of amides is 1. The molecule has 0 bridgehead atoms. The molecule has 6 heteroatoms. The second-order valence-electron chi connectivity index (χ2n) is 5.27. The molecule has 1 aromatic heterocycles. The van der Waals surface area contributed by atoms with E-state index in [-0.39, 0.29) is 12.0 Å². The Bertz CT molecular complexity index is 430. The number of hydrogen-bond donors (Lipinski definition) is 1. The van der Waals surface area contributed by atoms with Crippen LogP contribution in [0.1, 0.15) is 22.6 Å². The highest BCUT2D eigenvalue weighted by atomic mass is 16.5. The summed E-state index contributed by atoms with van der Waals surface area (Å²) in [6.07, 6.45) is 1.07. The number of hydrogen-bond acceptors (Lipinski definition) is 4. The average molecular weight is 266 g/mol. The monoisotopic (exact) mass is 266 g/mol. The summed E-state index contributed by atoms with van der Waals surface area (Å²) in [6.45, 7) is 4.76. The van der Waals surface area contributed by atoms with Crippen LogP contribution in [-0.4, -0.2) is 72.3 Å². The highest BCUT2D eigenvalue weighted by Crippen LogP contribution is 2.12. The van der Waals surface area contributed by atoms with Gasteiger partial charge in [-0.2, -0.15) is 5.10 Å². The van der Waals surface area contributed by atoms with Gasteiger partial charge in [-0.25, -0.2) is 0 Å². The van der Waals surface area contributed by atoms with Crippen LogP contribution in [0.5, 0.6) is 0 Å². The van der Waals surface area contributed by atoms with Gasteiger partial charge < -0.3 is 14.5 Å². The smallest absolute Gasteiger partial charge is 0.274 e. The molecule has 0 aliphatic carbocycles. The topological polar surface area (TPSA) is 61.5 Å². The number of aryl methyl sites for hydroxylation is 1. The van der Waals surface area contributed by atoms with Crippen LogP contribution in [0.25, 0.3) is 0 Å². The van der Waals surface area contributed by atoms with Crippen molar-refractivity contribution in [1.29, 1.82) is 0 Å². The van der Waals surface area contributed by atoms with Crippen molar-refractivity contribution in [2.75, 3.05) is 40.3 Å². The summed E-state index contributed by atoms with van der Waals surface area (Å²) < 4.78 is 5.70. The molecule has 0 aromatic carbocycles. The first-order valence-corrected chi connectivity index (χ1v) is 6.64. The molecule has 1 aromatic rings. The van der Waals surface area contributed by atoms with E-state index in [1.807, 2.05) is 25.9 Å². The first-order chi connectivity index (χ1) is 9.06. The molecular weight excluding hydrogens is 244 g/mol.